The van der Waals surface area contributed by atoms with Gasteiger partial charge < -0.3 is 10.4 Å². The first-order chi connectivity index (χ1) is 9.28. The lowest BCUT2D eigenvalue weighted by molar-refractivity contribution is 0.116. The van der Waals surface area contributed by atoms with E-state index in [-0.39, 0.29) is 12.1 Å². The maximum Gasteiger partial charge on any atom is 0.144 e. The van der Waals surface area contributed by atoms with E-state index < -0.39 is 0 Å². The largest absolute Gasteiger partial charge is 0.391 e. The minimum Gasteiger partial charge on any atom is -0.391 e. The van der Waals surface area contributed by atoms with Crippen molar-refractivity contribution < 1.29 is 5.11 Å². The first kappa shape index (κ1) is 12.4. The molecule has 2 aliphatic carbocycles. The SMILES string of the molecule is N#Cc1cc2c(nc1NC1CCCCC1O)CCC2. The number of aliphatic hydroxyl groups excluding tert-OH is 1. The molecule has 100 valence electrons. The zero-order valence-electron chi connectivity index (χ0n) is 11.0. The minimum absolute atomic E-state index is 0.0350. The van der Waals surface area contributed by atoms with Crippen molar-refractivity contribution in [1.82, 2.24) is 4.98 Å². The van der Waals surface area contributed by atoms with Gasteiger partial charge in [0.15, 0.2) is 0 Å². The summed E-state index contributed by atoms with van der Waals surface area (Å²) < 4.78 is 0. The second-order valence-corrected chi connectivity index (χ2v) is 5.56. The molecule has 0 bridgehead atoms. The Hall–Kier alpha value is -1.60. The molecular weight excluding hydrogens is 238 g/mol. The topological polar surface area (TPSA) is 68.9 Å². The Labute approximate surface area is 113 Å². The highest BCUT2D eigenvalue weighted by Crippen LogP contribution is 2.27. The monoisotopic (exact) mass is 257 g/mol. The van der Waals surface area contributed by atoms with Gasteiger partial charge in [0.05, 0.1) is 17.7 Å². The van der Waals surface area contributed by atoms with Gasteiger partial charge in [-0.15, -0.1) is 0 Å². The van der Waals surface area contributed by atoms with E-state index in [1.165, 1.54) is 5.56 Å². The summed E-state index contributed by atoms with van der Waals surface area (Å²) in [6.07, 6.45) is 6.84. The molecule has 1 aromatic rings. The summed E-state index contributed by atoms with van der Waals surface area (Å²) in [5, 5.41) is 22.6. The average molecular weight is 257 g/mol. The van der Waals surface area contributed by atoms with Crippen LogP contribution in [0.2, 0.25) is 0 Å². The second-order valence-electron chi connectivity index (χ2n) is 5.56. The van der Waals surface area contributed by atoms with Crippen LogP contribution >= 0.6 is 0 Å². The van der Waals surface area contributed by atoms with E-state index in [9.17, 15) is 10.4 Å². The number of fused-ring (bicyclic) bond motifs is 1. The smallest absolute Gasteiger partial charge is 0.144 e. The molecule has 2 atom stereocenters. The van der Waals surface area contributed by atoms with Crippen molar-refractivity contribution in [2.45, 2.75) is 57.1 Å². The van der Waals surface area contributed by atoms with E-state index >= 15 is 0 Å². The summed E-state index contributed by atoms with van der Waals surface area (Å²) in [4.78, 5) is 4.61. The van der Waals surface area contributed by atoms with Gasteiger partial charge in [0, 0.05) is 5.69 Å². The molecule has 1 aromatic heterocycles. The lowest BCUT2D eigenvalue weighted by Gasteiger charge is -2.29. The van der Waals surface area contributed by atoms with E-state index in [1.54, 1.807) is 0 Å². The maximum atomic E-state index is 10.0. The number of aromatic nitrogens is 1. The Morgan fingerprint density at radius 2 is 2.11 bits per heavy atom. The molecule has 0 radical (unpaired) electrons. The summed E-state index contributed by atoms with van der Waals surface area (Å²) in [7, 11) is 0. The van der Waals surface area contributed by atoms with Crippen LogP contribution in [0.15, 0.2) is 6.07 Å². The molecular formula is C15H19N3O. The average Bonchev–Trinajstić information content (AvgIpc) is 2.87. The van der Waals surface area contributed by atoms with Crippen LogP contribution in [-0.4, -0.2) is 22.2 Å². The van der Waals surface area contributed by atoms with Gasteiger partial charge >= 0.3 is 0 Å². The number of nitrogens with one attached hydrogen (secondary N) is 1. The van der Waals surface area contributed by atoms with Gasteiger partial charge in [-0.05, 0) is 43.7 Å². The number of hydrogen-bond acceptors (Lipinski definition) is 4. The lowest BCUT2D eigenvalue weighted by atomic mass is 9.92. The number of hydrogen-bond donors (Lipinski definition) is 2. The minimum atomic E-state index is -0.324. The van der Waals surface area contributed by atoms with E-state index in [0.29, 0.717) is 11.4 Å². The first-order valence-electron chi connectivity index (χ1n) is 7.15. The van der Waals surface area contributed by atoms with Crippen LogP contribution < -0.4 is 5.32 Å². The van der Waals surface area contributed by atoms with Gasteiger partial charge in [-0.3, -0.25) is 0 Å². The standard InChI is InChI=1S/C15H19N3O/c16-9-11-8-10-4-3-6-12(10)17-15(11)18-13-5-1-2-7-14(13)19/h8,13-14,19H,1-7H2,(H,17,18). The number of aryl methyl sites for hydroxylation is 2. The quantitative estimate of drug-likeness (QED) is 0.852. The van der Waals surface area contributed by atoms with Gasteiger partial charge in [-0.25, -0.2) is 4.98 Å². The van der Waals surface area contributed by atoms with Crippen molar-refractivity contribution in [1.29, 1.82) is 5.26 Å². The molecule has 2 unspecified atom stereocenters. The molecule has 2 N–H and O–H groups in total. The lowest BCUT2D eigenvalue weighted by Crippen LogP contribution is -2.36. The van der Waals surface area contributed by atoms with Gasteiger partial charge in [0.1, 0.15) is 11.9 Å². The fraction of sp³-hybridized carbons (Fsp3) is 0.600. The van der Waals surface area contributed by atoms with Crippen LogP contribution in [0, 0.1) is 11.3 Å². The fourth-order valence-corrected chi connectivity index (χ4v) is 3.12. The van der Waals surface area contributed by atoms with Crippen LogP contribution in [0.5, 0.6) is 0 Å². The van der Waals surface area contributed by atoms with Crippen molar-refractivity contribution in [2.24, 2.45) is 0 Å². The summed E-state index contributed by atoms with van der Waals surface area (Å²) >= 11 is 0. The molecule has 4 nitrogen and oxygen atoms in total. The molecule has 1 saturated carbocycles. The first-order valence-corrected chi connectivity index (χ1v) is 7.15. The number of anilines is 1. The molecule has 0 aromatic carbocycles. The van der Waals surface area contributed by atoms with Gasteiger partial charge in [-0.2, -0.15) is 5.26 Å². The van der Waals surface area contributed by atoms with Crippen LogP contribution in [0.25, 0.3) is 0 Å². The van der Waals surface area contributed by atoms with Gasteiger partial charge in [0.2, 0.25) is 0 Å². The number of aliphatic hydroxyl groups is 1. The predicted octanol–water partition coefficient (Wildman–Crippen LogP) is 2.16. The zero-order chi connectivity index (χ0) is 13.2. The van der Waals surface area contributed by atoms with Crippen molar-refractivity contribution in [2.75, 3.05) is 5.32 Å². The number of nitrogens with zero attached hydrogens (tertiary/aromatic N) is 2. The molecule has 0 saturated heterocycles. The third-order valence-electron chi connectivity index (χ3n) is 4.22. The predicted molar refractivity (Wildman–Crippen MR) is 72.9 cm³/mol. The Balaban J connectivity index is 1.85. The van der Waals surface area contributed by atoms with Crippen molar-refractivity contribution >= 4 is 5.82 Å². The summed E-state index contributed by atoms with van der Waals surface area (Å²) in [6.45, 7) is 0. The Bertz CT molecular complexity index is 521. The van der Waals surface area contributed by atoms with Crippen molar-refractivity contribution in [3.8, 4) is 6.07 Å². The van der Waals surface area contributed by atoms with Crippen LogP contribution in [0.1, 0.15) is 48.9 Å². The number of rotatable bonds is 2. The highest BCUT2D eigenvalue weighted by molar-refractivity contribution is 5.55. The molecule has 0 spiro atoms. The number of nitriles is 1. The van der Waals surface area contributed by atoms with E-state index in [1.807, 2.05) is 6.07 Å². The molecule has 0 aliphatic heterocycles. The summed E-state index contributed by atoms with van der Waals surface area (Å²) in [5.41, 5.74) is 2.94. The fourth-order valence-electron chi connectivity index (χ4n) is 3.12. The van der Waals surface area contributed by atoms with Crippen LogP contribution in [0.4, 0.5) is 5.82 Å². The third kappa shape index (κ3) is 2.43. The van der Waals surface area contributed by atoms with Crippen LogP contribution in [-0.2, 0) is 12.8 Å². The molecule has 1 fully saturated rings. The highest BCUT2D eigenvalue weighted by atomic mass is 16.3. The van der Waals surface area contributed by atoms with Gasteiger partial charge in [-0.1, -0.05) is 12.8 Å². The van der Waals surface area contributed by atoms with Crippen molar-refractivity contribution in [3.63, 3.8) is 0 Å². The van der Waals surface area contributed by atoms with E-state index in [2.05, 4.69) is 16.4 Å². The Morgan fingerprint density at radius 1 is 1.26 bits per heavy atom. The zero-order valence-corrected chi connectivity index (χ0v) is 11.0. The maximum absolute atomic E-state index is 10.0. The van der Waals surface area contributed by atoms with E-state index in [0.717, 1.165) is 50.6 Å². The Kier molecular flexibility index (Phi) is 3.39. The third-order valence-corrected chi connectivity index (χ3v) is 4.22. The normalized spacial score (nSPS) is 25.7. The molecule has 3 rings (SSSR count). The van der Waals surface area contributed by atoms with Gasteiger partial charge in [0.25, 0.3) is 0 Å². The number of pyridine rings is 1. The summed E-state index contributed by atoms with van der Waals surface area (Å²) in [5.74, 6) is 0.661. The highest BCUT2D eigenvalue weighted by Gasteiger charge is 2.25. The summed E-state index contributed by atoms with van der Waals surface area (Å²) in [6, 6.07) is 4.22. The van der Waals surface area contributed by atoms with Crippen molar-refractivity contribution in [3.05, 3.63) is 22.9 Å². The molecule has 2 aliphatic rings. The molecule has 19 heavy (non-hydrogen) atoms. The Morgan fingerprint density at radius 3 is 2.89 bits per heavy atom. The second kappa shape index (κ2) is 5.18. The molecule has 1 heterocycles. The van der Waals surface area contributed by atoms with E-state index in [4.69, 9.17) is 0 Å². The van der Waals surface area contributed by atoms with Crippen LogP contribution in [0.3, 0.4) is 0 Å². The molecule has 4 heteroatoms. The molecule has 0 amide bonds.